The Morgan fingerprint density at radius 2 is 1.92 bits per heavy atom. The molecule has 0 unspecified atom stereocenters. The number of carbonyl (C=O) groups is 2. The first kappa shape index (κ1) is 18.0. The van der Waals surface area contributed by atoms with Crippen molar-refractivity contribution in [2.45, 2.75) is 38.9 Å². The van der Waals surface area contributed by atoms with E-state index in [2.05, 4.69) is 0 Å². The number of anilines is 1. The van der Waals surface area contributed by atoms with E-state index in [1.807, 2.05) is 0 Å². The van der Waals surface area contributed by atoms with Gasteiger partial charge in [-0.2, -0.15) is 13.2 Å². The molecule has 1 amide bonds. The molecule has 0 bridgehead atoms. The molecule has 130 valence electrons. The van der Waals surface area contributed by atoms with Gasteiger partial charge in [-0.05, 0) is 44.0 Å². The summed E-state index contributed by atoms with van der Waals surface area (Å²) in [6, 6.07) is 4.55. The molecular formula is C17H18F3NO3. The highest BCUT2D eigenvalue weighted by Gasteiger charge is 2.48. The van der Waals surface area contributed by atoms with Gasteiger partial charge in [-0.25, -0.2) is 0 Å². The Bertz CT molecular complexity index is 693. The van der Waals surface area contributed by atoms with E-state index in [1.165, 1.54) is 32.1 Å². The largest absolute Gasteiger partial charge is 0.471 e. The Morgan fingerprint density at radius 3 is 2.50 bits per heavy atom. The number of nitrogens with zero attached hydrogens (tertiary/aromatic N) is 1. The van der Waals surface area contributed by atoms with E-state index >= 15 is 0 Å². The van der Waals surface area contributed by atoms with Crippen molar-refractivity contribution in [3.05, 3.63) is 35.4 Å². The van der Waals surface area contributed by atoms with Crippen LogP contribution >= 0.6 is 0 Å². The van der Waals surface area contributed by atoms with E-state index in [9.17, 15) is 22.8 Å². The fourth-order valence-electron chi connectivity index (χ4n) is 2.61. The van der Waals surface area contributed by atoms with Crippen LogP contribution in [0.5, 0.6) is 0 Å². The first-order chi connectivity index (χ1) is 11.1. The van der Waals surface area contributed by atoms with E-state index in [0.29, 0.717) is 11.1 Å². The van der Waals surface area contributed by atoms with Gasteiger partial charge in [0.2, 0.25) is 0 Å². The number of rotatable bonds is 3. The van der Waals surface area contributed by atoms with Crippen LogP contribution in [0.4, 0.5) is 18.9 Å². The monoisotopic (exact) mass is 341 g/mol. The van der Waals surface area contributed by atoms with Gasteiger partial charge in [0.25, 0.3) is 0 Å². The third-order valence-electron chi connectivity index (χ3n) is 3.68. The predicted octanol–water partition coefficient (Wildman–Crippen LogP) is 3.49. The number of hydrogen-bond acceptors (Lipinski definition) is 3. The predicted molar refractivity (Wildman–Crippen MR) is 83.4 cm³/mol. The van der Waals surface area contributed by atoms with Crippen molar-refractivity contribution in [2.75, 3.05) is 11.5 Å². The van der Waals surface area contributed by atoms with Crippen molar-refractivity contribution < 1.29 is 27.5 Å². The van der Waals surface area contributed by atoms with Crippen molar-refractivity contribution in [3.8, 4) is 0 Å². The average Bonchev–Trinajstić information content (AvgIpc) is 2.45. The number of amides is 1. The summed E-state index contributed by atoms with van der Waals surface area (Å²) in [5.41, 5.74) is 0.115. The average molecular weight is 341 g/mol. The smallest absolute Gasteiger partial charge is 0.466 e. The number of fused-ring (bicyclic) bond motifs is 1. The Kier molecular flexibility index (Phi) is 4.73. The molecule has 1 aromatic rings. The van der Waals surface area contributed by atoms with Crippen LogP contribution in [0, 0.1) is 0 Å². The summed E-state index contributed by atoms with van der Waals surface area (Å²) in [4.78, 5) is 24.1. The Labute approximate surface area is 137 Å². The summed E-state index contributed by atoms with van der Waals surface area (Å²) in [6.07, 6.45) is -1.76. The van der Waals surface area contributed by atoms with Crippen molar-refractivity contribution in [2.24, 2.45) is 0 Å². The van der Waals surface area contributed by atoms with Crippen LogP contribution in [-0.4, -0.2) is 30.2 Å². The molecule has 0 aromatic heterocycles. The number of benzene rings is 1. The maximum atomic E-state index is 12.9. The summed E-state index contributed by atoms with van der Waals surface area (Å²) >= 11 is 0. The molecule has 1 aromatic carbocycles. The second kappa shape index (κ2) is 6.30. The highest BCUT2D eigenvalue weighted by molar-refractivity contribution is 6.02. The van der Waals surface area contributed by atoms with Crippen LogP contribution < -0.4 is 4.90 Å². The van der Waals surface area contributed by atoms with Gasteiger partial charge in [-0.1, -0.05) is 18.2 Å². The van der Waals surface area contributed by atoms with E-state index in [0.717, 1.165) is 4.90 Å². The zero-order valence-electron chi connectivity index (χ0n) is 13.6. The van der Waals surface area contributed by atoms with Crippen LogP contribution in [0.3, 0.4) is 0 Å². The number of alkyl halides is 3. The fourth-order valence-corrected chi connectivity index (χ4v) is 2.61. The molecule has 7 heteroatoms. The third kappa shape index (κ3) is 3.60. The summed E-state index contributed by atoms with van der Waals surface area (Å²) < 4.78 is 43.6. The van der Waals surface area contributed by atoms with Gasteiger partial charge in [0.05, 0.1) is 24.3 Å². The summed E-state index contributed by atoms with van der Waals surface area (Å²) in [5.74, 6) is -2.34. The highest BCUT2D eigenvalue weighted by atomic mass is 19.4. The summed E-state index contributed by atoms with van der Waals surface area (Å²) in [6.45, 7) is 5.01. The van der Waals surface area contributed by atoms with E-state index < -0.39 is 23.6 Å². The number of ether oxygens (including phenoxy) is 1. The molecule has 1 heterocycles. The quantitative estimate of drug-likeness (QED) is 0.791. The van der Waals surface area contributed by atoms with E-state index in [1.54, 1.807) is 19.1 Å². The molecule has 0 aliphatic carbocycles. The van der Waals surface area contributed by atoms with E-state index in [4.69, 9.17) is 4.74 Å². The lowest BCUT2D eigenvalue weighted by molar-refractivity contribution is -0.171. The van der Waals surface area contributed by atoms with Crippen molar-refractivity contribution in [1.82, 2.24) is 0 Å². The second-order valence-electron chi connectivity index (χ2n) is 6.00. The molecule has 0 saturated heterocycles. The molecule has 2 rings (SSSR count). The Hall–Kier alpha value is -2.31. The molecule has 0 fully saturated rings. The molecule has 0 radical (unpaired) electrons. The van der Waals surface area contributed by atoms with Crippen LogP contribution in [0.2, 0.25) is 0 Å². The molecule has 0 spiro atoms. The highest BCUT2D eigenvalue weighted by Crippen LogP contribution is 2.38. The molecule has 0 saturated carbocycles. The van der Waals surface area contributed by atoms with Gasteiger partial charge < -0.3 is 4.74 Å². The fraction of sp³-hybridized carbons (Fsp3) is 0.412. The third-order valence-corrected chi connectivity index (χ3v) is 3.68. The van der Waals surface area contributed by atoms with Crippen LogP contribution in [0.1, 0.15) is 31.9 Å². The maximum absolute atomic E-state index is 12.9. The molecule has 4 nitrogen and oxygen atoms in total. The lowest BCUT2D eigenvalue weighted by Gasteiger charge is -2.40. The number of halogens is 3. The molecular weight excluding hydrogens is 323 g/mol. The molecule has 24 heavy (non-hydrogen) atoms. The van der Waals surface area contributed by atoms with E-state index in [-0.39, 0.29) is 18.7 Å². The number of hydrogen-bond donors (Lipinski definition) is 0. The number of esters is 1. The first-order valence-corrected chi connectivity index (χ1v) is 7.45. The molecule has 0 atom stereocenters. The van der Waals surface area contributed by atoms with Gasteiger partial charge in [-0.15, -0.1) is 0 Å². The number of carbonyl (C=O) groups excluding carboxylic acids is 2. The Morgan fingerprint density at radius 1 is 1.25 bits per heavy atom. The normalized spacial score (nSPS) is 15.8. The summed E-state index contributed by atoms with van der Waals surface area (Å²) in [7, 11) is 0. The minimum atomic E-state index is -4.97. The minimum absolute atomic E-state index is 0.0194. The standard InChI is InChI=1S/C17H18F3NO3/c1-4-24-14(22)10-11-5-6-13-12(9-11)7-8-16(2,3)21(13)15(23)17(18,19)20/h5-9H,4,10H2,1-3H3. The molecule has 0 N–H and O–H groups in total. The van der Waals surface area contributed by atoms with Crippen LogP contribution in [-0.2, 0) is 20.7 Å². The van der Waals surface area contributed by atoms with Gasteiger partial charge in [-0.3, -0.25) is 14.5 Å². The van der Waals surface area contributed by atoms with Gasteiger partial charge >= 0.3 is 18.1 Å². The second-order valence-corrected chi connectivity index (χ2v) is 6.00. The molecule has 1 aliphatic heterocycles. The summed E-state index contributed by atoms with van der Waals surface area (Å²) in [5, 5.41) is 0. The maximum Gasteiger partial charge on any atom is 0.471 e. The zero-order chi connectivity index (χ0) is 18.1. The van der Waals surface area contributed by atoms with Gasteiger partial charge in [0, 0.05) is 0 Å². The molecule has 1 aliphatic rings. The van der Waals surface area contributed by atoms with Gasteiger partial charge in [0.1, 0.15) is 0 Å². The SMILES string of the molecule is CCOC(=O)Cc1ccc2c(c1)C=CC(C)(C)N2C(=O)C(F)(F)F. The lowest BCUT2D eigenvalue weighted by atomic mass is 9.92. The van der Waals surface area contributed by atoms with Crippen molar-refractivity contribution in [1.29, 1.82) is 0 Å². The Balaban J connectivity index is 2.40. The zero-order valence-corrected chi connectivity index (χ0v) is 13.6. The van der Waals surface area contributed by atoms with Crippen LogP contribution in [0.15, 0.2) is 24.3 Å². The van der Waals surface area contributed by atoms with Crippen molar-refractivity contribution in [3.63, 3.8) is 0 Å². The van der Waals surface area contributed by atoms with Crippen molar-refractivity contribution >= 4 is 23.6 Å². The minimum Gasteiger partial charge on any atom is -0.466 e. The lowest BCUT2D eigenvalue weighted by Crippen LogP contribution is -2.53. The topological polar surface area (TPSA) is 46.6 Å². The first-order valence-electron chi connectivity index (χ1n) is 7.45. The van der Waals surface area contributed by atoms with Crippen LogP contribution in [0.25, 0.3) is 6.08 Å². The van der Waals surface area contributed by atoms with Gasteiger partial charge in [0.15, 0.2) is 0 Å².